The summed E-state index contributed by atoms with van der Waals surface area (Å²) in [5.41, 5.74) is 7.30. The third-order valence-electron chi connectivity index (χ3n) is 3.17. The van der Waals surface area contributed by atoms with Crippen molar-refractivity contribution >= 4 is 0 Å². The molecule has 0 aliphatic heterocycles. The summed E-state index contributed by atoms with van der Waals surface area (Å²) >= 11 is 0. The average Bonchev–Trinajstić information content (AvgIpc) is 2.69. The van der Waals surface area contributed by atoms with Gasteiger partial charge in [-0.2, -0.15) is 0 Å². The highest BCUT2D eigenvalue weighted by Gasteiger charge is 2.10. The number of furan rings is 1. The Balaban J connectivity index is 2.11. The van der Waals surface area contributed by atoms with Gasteiger partial charge >= 0.3 is 0 Å². The lowest BCUT2D eigenvalue weighted by atomic mass is 10.0. The van der Waals surface area contributed by atoms with Crippen molar-refractivity contribution in [2.24, 2.45) is 5.73 Å². The van der Waals surface area contributed by atoms with Crippen molar-refractivity contribution < 1.29 is 4.42 Å². The predicted molar refractivity (Wildman–Crippen MR) is 68.4 cm³/mol. The fourth-order valence-electron chi connectivity index (χ4n) is 2.08. The Morgan fingerprint density at radius 3 is 2.50 bits per heavy atom. The Labute approximate surface area is 99.2 Å². The minimum absolute atomic E-state index is 0.157. The van der Waals surface area contributed by atoms with Crippen LogP contribution >= 0.6 is 0 Å². The van der Waals surface area contributed by atoms with Gasteiger partial charge in [0.05, 0.1) is 6.26 Å². The fraction of sp³-hybridized carbons (Fsp3) is 0.714. The molecule has 1 rings (SSSR count). The number of hydrogen-bond acceptors (Lipinski definition) is 2. The molecule has 0 aromatic carbocycles. The number of rotatable bonds is 8. The van der Waals surface area contributed by atoms with Crippen LogP contribution in [0.1, 0.15) is 69.2 Å². The molecule has 1 atom stereocenters. The van der Waals surface area contributed by atoms with Gasteiger partial charge in [-0.25, -0.2) is 0 Å². The van der Waals surface area contributed by atoms with Crippen LogP contribution in [0, 0.1) is 6.92 Å². The first-order valence-electron chi connectivity index (χ1n) is 6.55. The molecule has 1 unspecified atom stereocenters. The van der Waals surface area contributed by atoms with Crippen LogP contribution in [0.25, 0.3) is 0 Å². The van der Waals surface area contributed by atoms with Crippen molar-refractivity contribution in [3.05, 3.63) is 23.7 Å². The number of hydrogen-bond donors (Lipinski definition) is 1. The summed E-state index contributed by atoms with van der Waals surface area (Å²) in [4.78, 5) is 0. The molecule has 92 valence electrons. The van der Waals surface area contributed by atoms with Crippen LogP contribution in [-0.2, 0) is 0 Å². The minimum Gasteiger partial charge on any atom is -0.469 e. The lowest BCUT2D eigenvalue weighted by molar-refractivity contribution is 0.510. The standard InChI is InChI=1S/C14H25NO/c1-3-4-5-6-7-8-9-14(15)13-10-11-16-12(13)2/h10-11,14H,3-9,15H2,1-2H3. The lowest BCUT2D eigenvalue weighted by Gasteiger charge is -2.10. The highest BCUT2D eigenvalue weighted by Crippen LogP contribution is 2.21. The summed E-state index contributed by atoms with van der Waals surface area (Å²) in [5.74, 6) is 0.971. The molecule has 0 fully saturated rings. The maximum atomic E-state index is 6.12. The maximum absolute atomic E-state index is 6.12. The van der Waals surface area contributed by atoms with Crippen LogP contribution in [0.5, 0.6) is 0 Å². The van der Waals surface area contributed by atoms with Gasteiger partial charge in [-0.1, -0.05) is 45.4 Å². The lowest BCUT2D eigenvalue weighted by Crippen LogP contribution is -2.10. The molecule has 1 heterocycles. The normalized spacial score (nSPS) is 12.9. The quantitative estimate of drug-likeness (QED) is 0.666. The van der Waals surface area contributed by atoms with Gasteiger partial charge in [-0.15, -0.1) is 0 Å². The summed E-state index contributed by atoms with van der Waals surface area (Å²) < 4.78 is 5.27. The monoisotopic (exact) mass is 223 g/mol. The third kappa shape index (κ3) is 4.40. The first kappa shape index (κ1) is 13.3. The molecular formula is C14H25NO. The third-order valence-corrected chi connectivity index (χ3v) is 3.17. The fourth-order valence-corrected chi connectivity index (χ4v) is 2.08. The predicted octanol–water partition coefficient (Wildman–Crippen LogP) is 4.34. The largest absolute Gasteiger partial charge is 0.469 e. The molecular weight excluding hydrogens is 198 g/mol. The van der Waals surface area contributed by atoms with E-state index in [-0.39, 0.29) is 6.04 Å². The molecule has 2 heteroatoms. The summed E-state index contributed by atoms with van der Waals surface area (Å²) in [6.45, 7) is 4.23. The Morgan fingerprint density at radius 1 is 1.19 bits per heavy atom. The van der Waals surface area contributed by atoms with Crippen molar-refractivity contribution in [2.75, 3.05) is 0 Å². The molecule has 2 nitrogen and oxygen atoms in total. The van der Waals surface area contributed by atoms with E-state index in [1.165, 1.54) is 44.1 Å². The molecule has 1 aromatic heterocycles. The van der Waals surface area contributed by atoms with E-state index in [9.17, 15) is 0 Å². The van der Waals surface area contributed by atoms with E-state index < -0.39 is 0 Å². The molecule has 0 amide bonds. The van der Waals surface area contributed by atoms with Crippen LogP contribution in [-0.4, -0.2) is 0 Å². The summed E-state index contributed by atoms with van der Waals surface area (Å²) in [7, 11) is 0. The Bertz CT molecular complexity index is 280. The van der Waals surface area contributed by atoms with Gasteiger partial charge in [0.15, 0.2) is 0 Å². The van der Waals surface area contributed by atoms with E-state index in [0.29, 0.717) is 0 Å². The summed E-state index contributed by atoms with van der Waals surface area (Å²) in [6, 6.07) is 2.15. The maximum Gasteiger partial charge on any atom is 0.105 e. The van der Waals surface area contributed by atoms with Gasteiger partial charge < -0.3 is 10.2 Å². The molecule has 0 spiro atoms. The van der Waals surface area contributed by atoms with Gasteiger partial charge in [-0.3, -0.25) is 0 Å². The van der Waals surface area contributed by atoms with Crippen molar-refractivity contribution in [1.29, 1.82) is 0 Å². The highest BCUT2D eigenvalue weighted by atomic mass is 16.3. The SMILES string of the molecule is CCCCCCCCC(N)c1ccoc1C. The van der Waals surface area contributed by atoms with Gasteiger partial charge in [0.2, 0.25) is 0 Å². The number of nitrogens with two attached hydrogens (primary N) is 1. The molecule has 0 saturated carbocycles. The van der Waals surface area contributed by atoms with Gasteiger partial charge in [0.1, 0.15) is 5.76 Å². The van der Waals surface area contributed by atoms with Gasteiger partial charge in [-0.05, 0) is 19.4 Å². The van der Waals surface area contributed by atoms with Gasteiger partial charge in [0.25, 0.3) is 0 Å². The van der Waals surface area contributed by atoms with Crippen molar-refractivity contribution in [3.63, 3.8) is 0 Å². The minimum atomic E-state index is 0.157. The highest BCUT2D eigenvalue weighted by molar-refractivity contribution is 5.19. The Hall–Kier alpha value is -0.760. The van der Waals surface area contributed by atoms with Crippen molar-refractivity contribution in [1.82, 2.24) is 0 Å². The zero-order valence-electron chi connectivity index (χ0n) is 10.7. The molecule has 2 N–H and O–H groups in total. The van der Waals surface area contributed by atoms with E-state index in [4.69, 9.17) is 10.2 Å². The smallest absolute Gasteiger partial charge is 0.105 e. The number of unbranched alkanes of at least 4 members (excludes halogenated alkanes) is 5. The van der Waals surface area contributed by atoms with E-state index in [1.54, 1.807) is 6.26 Å². The summed E-state index contributed by atoms with van der Waals surface area (Å²) in [6.07, 6.45) is 10.8. The second kappa shape index (κ2) is 7.50. The van der Waals surface area contributed by atoms with Crippen LogP contribution < -0.4 is 5.73 Å². The van der Waals surface area contributed by atoms with Crippen molar-refractivity contribution in [2.45, 2.75) is 64.8 Å². The Morgan fingerprint density at radius 2 is 1.88 bits per heavy atom. The summed E-state index contributed by atoms with van der Waals surface area (Å²) in [5, 5.41) is 0. The molecule has 0 aliphatic carbocycles. The van der Waals surface area contributed by atoms with E-state index in [2.05, 4.69) is 6.92 Å². The van der Waals surface area contributed by atoms with Crippen molar-refractivity contribution in [3.8, 4) is 0 Å². The van der Waals surface area contributed by atoms with Gasteiger partial charge in [0, 0.05) is 11.6 Å². The second-order valence-electron chi connectivity index (χ2n) is 4.60. The van der Waals surface area contributed by atoms with E-state index in [0.717, 1.165) is 12.2 Å². The Kier molecular flexibility index (Phi) is 6.24. The molecule has 0 bridgehead atoms. The van der Waals surface area contributed by atoms with Crippen LogP contribution in [0.2, 0.25) is 0 Å². The molecule has 0 saturated heterocycles. The van der Waals surface area contributed by atoms with Crippen LogP contribution in [0.4, 0.5) is 0 Å². The zero-order valence-corrected chi connectivity index (χ0v) is 10.7. The molecule has 1 aromatic rings. The zero-order chi connectivity index (χ0) is 11.8. The van der Waals surface area contributed by atoms with Crippen LogP contribution in [0.3, 0.4) is 0 Å². The van der Waals surface area contributed by atoms with E-state index in [1.807, 2.05) is 13.0 Å². The molecule has 0 radical (unpaired) electrons. The topological polar surface area (TPSA) is 39.2 Å². The first-order valence-corrected chi connectivity index (χ1v) is 6.55. The molecule has 16 heavy (non-hydrogen) atoms. The average molecular weight is 223 g/mol. The first-order chi connectivity index (χ1) is 7.75. The van der Waals surface area contributed by atoms with Crippen LogP contribution in [0.15, 0.2) is 16.7 Å². The molecule has 0 aliphatic rings. The number of aryl methyl sites for hydroxylation is 1. The second-order valence-corrected chi connectivity index (χ2v) is 4.60. The van der Waals surface area contributed by atoms with E-state index >= 15 is 0 Å².